The molecule has 0 spiro atoms. The molecule has 6 N–H and O–H groups in total. The van der Waals surface area contributed by atoms with Crippen LogP contribution in [0.4, 0.5) is 0 Å². The largest absolute Gasteiger partial charge is 1.00 e. The molecule has 0 amide bonds. The molecular formula is C6H18KNO6Si2. The topological polar surface area (TPSA) is 135 Å². The van der Waals surface area contributed by atoms with E-state index in [1.165, 1.54) is 0 Å². The maximum Gasteiger partial charge on any atom is 1.00 e. The van der Waals surface area contributed by atoms with Crippen LogP contribution in [0.3, 0.4) is 0 Å². The van der Waals surface area contributed by atoms with Crippen molar-refractivity contribution in [3.63, 3.8) is 0 Å². The Morgan fingerprint density at radius 1 is 0.562 bits per heavy atom. The number of nitrogens with zero attached hydrogens (tertiary/aromatic N) is 1. The van der Waals surface area contributed by atoms with Crippen molar-refractivity contribution < 1.29 is 82.0 Å². The Bertz CT molecular complexity index is 146. The van der Waals surface area contributed by atoms with Gasteiger partial charge >= 0.3 is 51.4 Å². The predicted octanol–water partition coefficient (Wildman–Crippen LogP) is -6.56. The molecule has 92 valence electrons. The van der Waals surface area contributed by atoms with E-state index >= 15 is 0 Å². The van der Waals surface area contributed by atoms with E-state index in [1.807, 2.05) is 0 Å². The van der Waals surface area contributed by atoms with Gasteiger partial charge in [0, 0.05) is 53.9 Å². The molecule has 0 fully saturated rings. The summed E-state index contributed by atoms with van der Waals surface area (Å²) in [6.45, 7) is 0. The average molecular weight is 295 g/mol. The van der Waals surface area contributed by atoms with Crippen LogP contribution in [0, 0.1) is 0 Å². The Kier molecular flexibility index (Phi) is 12.2. The van der Waals surface area contributed by atoms with E-state index in [1.54, 1.807) is 0 Å². The minimum absolute atomic E-state index is 0. The fourth-order valence-corrected chi connectivity index (χ4v) is 7.34. The Labute approximate surface area is 139 Å². The molecule has 16 heavy (non-hydrogen) atoms. The zero-order chi connectivity index (χ0) is 11.9. The van der Waals surface area contributed by atoms with Gasteiger partial charge in [0.2, 0.25) is 0 Å². The first kappa shape index (κ1) is 20.1. The van der Waals surface area contributed by atoms with Gasteiger partial charge < -0.3 is 35.3 Å². The minimum Gasteiger partial charge on any atom is -0.655 e. The van der Waals surface area contributed by atoms with Gasteiger partial charge in [0.1, 0.15) is 0 Å². The van der Waals surface area contributed by atoms with Crippen LogP contribution in [0.5, 0.6) is 0 Å². The molecule has 0 bridgehead atoms. The van der Waals surface area contributed by atoms with Crippen LogP contribution in [0.15, 0.2) is 0 Å². The van der Waals surface area contributed by atoms with Crippen molar-refractivity contribution in [1.29, 1.82) is 0 Å². The molecule has 0 heterocycles. The Morgan fingerprint density at radius 2 is 0.750 bits per heavy atom. The monoisotopic (exact) mass is 295 g/mol. The van der Waals surface area contributed by atoms with E-state index in [0.717, 1.165) is 0 Å². The predicted molar refractivity (Wildman–Crippen MR) is 57.4 cm³/mol. The van der Waals surface area contributed by atoms with Gasteiger partial charge in [-0.25, -0.2) is 0 Å². The molecule has 0 aliphatic rings. The molecule has 10 heteroatoms. The van der Waals surface area contributed by atoms with E-state index in [2.05, 4.69) is 4.65 Å². The molecule has 7 nitrogen and oxygen atoms in total. The van der Waals surface area contributed by atoms with Crippen LogP contribution < -0.4 is 51.4 Å². The molecular weight excluding hydrogens is 277 g/mol. The molecule has 0 saturated carbocycles. The van der Waals surface area contributed by atoms with Crippen molar-refractivity contribution in [3.05, 3.63) is 4.65 Å². The van der Waals surface area contributed by atoms with Crippen molar-refractivity contribution in [3.8, 4) is 0 Å². The van der Waals surface area contributed by atoms with Gasteiger partial charge in [-0.1, -0.05) is 0 Å². The van der Waals surface area contributed by atoms with Crippen LogP contribution in [0.2, 0.25) is 0 Å². The Balaban J connectivity index is 0. The van der Waals surface area contributed by atoms with Crippen LogP contribution in [-0.2, 0) is 0 Å². The van der Waals surface area contributed by atoms with Crippen molar-refractivity contribution in [2.24, 2.45) is 0 Å². The Morgan fingerprint density at radius 3 is 0.875 bits per heavy atom. The molecule has 0 unspecified atom stereocenters. The van der Waals surface area contributed by atoms with Gasteiger partial charge in [0.25, 0.3) is 0 Å². The SMILES string of the molecule is OC[Si](CO)(CO)[N-][Si](CO)(CO)CO.[K+]. The average Bonchev–Trinajstić information content (AvgIpc) is 2.33. The molecule has 0 aromatic heterocycles. The van der Waals surface area contributed by atoms with E-state index in [9.17, 15) is 0 Å². The summed E-state index contributed by atoms with van der Waals surface area (Å²) >= 11 is 0. The van der Waals surface area contributed by atoms with E-state index in [4.69, 9.17) is 30.6 Å². The third kappa shape index (κ3) is 5.19. The molecule has 0 aliphatic carbocycles. The zero-order valence-corrected chi connectivity index (χ0v) is 14.5. The summed E-state index contributed by atoms with van der Waals surface area (Å²) < 4.78 is 4.03. The van der Waals surface area contributed by atoms with E-state index in [0.29, 0.717) is 0 Å². The van der Waals surface area contributed by atoms with E-state index in [-0.39, 0.29) is 51.4 Å². The first-order chi connectivity index (χ1) is 7.07. The number of aliphatic hydroxyl groups is 6. The van der Waals surface area contributed by atoms with Crippen LogP contribution in [0.25, 0.3) is 4.65 Å². The Hall–Kier alpha value is 1.79. The maximum atomic E-state index is 9.05. The van der Waals surface area contributed by atoms with Gasteiger partial charge in [-0.3, -0.25) is 0 Å². The second-order valence-electron chi connectivity index (χ2n) is 3.51. The molecule has 0 aromatic carbocycles. The summed E-state index contributed by atoms with van der Waals surface area (Å²) in [6, 6.07) is 0. The molecule has 0 aromatic rings. The zero-order valence-electron chi connectivity index (χ0n) is 9.37. The first-order valence-electron chi connectivity index (χ1n) is 4.47. The van der Waals surface area contributed by atoms with Gasteiger partial charge in [-0.05, 0) is 0 Å². The maximum absolute atomic E-state index is 9.05. The van der Waals surface area contributed by atoms with Crippen molar-refractivity contribution in [2.75, 3.05) is 37.4 Å². The normalized spacial score (nSPS) is 12.4. The molecule has 0 radical (unpaired) electrons. The van der Waals surface area contributed by atoms with Crippen LogP contribution in [0.1, 0.15) is 0 Å². The number of aliphatic hydroxyl groups excluding tert-OH is 6. The quantitative estimate of drug-likeness (QED) is 0.246. The van der Waals surface area contributed by atoms with Gasteiger partial charge in [0.15, 0.2) is 0 Å². The fourth-order valence-electron chi connectivity index (χ4n) is 1.02. The van der Waals surface area contributed by atoms with Gasteiger partial charge in [-0.15, -0.1) is 0 Å². The van der Waals surface area contributed by atoms with E-state index < -0.39 is 53.9 Å². The second kappa shape index (κ2) is 9.69. The summed E-state index contributed by atoms with van der Waals surface area (Å²) in [7, 11) is -6.08. The third-order valence-corrected chi connectivity index (χ3v) is 9.57. The standard InChI is InChI=1S/C6H18NO6Si2.K/c8-1-14(2-9,3-10)7-15(4-11,5-12)6-13;/h8-13H,1-6H2;/q-1;+1. The summed E-state index contributed by atoms with van der Waals surface area (Å²) in [5, 5.41) is 54.3. The minimum atomic E-state index is -3.04. The molecule has 0 aliphatic heterocycles. The molecule has 0 saturated heterocycles. The molecule has 0 atom stereocenters. The second-order valence-corrected chi connectivity index (χ2v) is 11.2. The third-order valence-electron chi connectivity index (χ3n) is 2.24. The van der Waals surface area contributed by atoms with Crippen molar-refractivity contribution in [1.82, 2.24) is 0 Å². The summed E-state index contributed by atoms with van der Waals surface area (Å²) in [5.41, 5.74) is 0. The molecule has 0 rings (SSSR count). The number of hydrogen-bond acceptors (Lipinski definition) is 6. The van der Waals surface area contributed by atoms with Crippen molar-refractivity contribution in [2.45, 2.75) is 0 Å². The summed E-state index contributed by atoms with van der Waals surface area (Å²) in [6.07, 6.45) is -2.86. The van der Waals surface area contributed by atoms with Crippen LogP contribution in [-0.4, -0.2) is 84.5 Å². The summed E-state index contributed by atoms with van der Waals surface area (Å²) in [5.74, 6) is 0. The van der Waals surface area contributed by atoms with Gasteiger partial charge in [0.05, 0.1) is 0 Å². The summed E-state index contributed by atoms with van der Waals surface area (Å²) in [4.78, 5) is 0. The van der Waals surface area contributed by atoms with Gasteiger partial charge in [-0.2, -0.15) is 0 Å². The number of rotatable bonds is 8. The first-order valence-corrected chi connectivity index (χ1v) is 9.60. The fraction of sp³-hybridized carbons (Fsp3) is 1.00. The number of hydrogen-bond donors (Lipinski definition) is 6. The smallest absolute Gasteiger partial charge is 0.655 e. The van der Waals surface area contributed by atoms with Crippen molar-refractivity contribution >= 4 is 16.5 Å². The van der Waals surface area contributed by atoms with Crippen LogP contribution >= 0.6 is 0 Å².